The van der Waals surface area contributed by atoms with Crippen LogP contribution in [0.1, 0.15) is 40.5 Å². The molecule has 1 N–H and O–H groups in total. The van der Waals surface area contributed by atoms with Gasteiger partial charge in [0.1, 0.15) is 0 Å². The van der Waals surface area contributed by atoms with Gasteiger partial charge in [0.15, 0.2) is 0 Å². The molecule has 2 atom stereocenters. The van der Waals surface area contributed by atoms with E-state index in [0.717, 1.165) is 0 Å². The third-order valence-electron chi connectivity index (χ3n) is 2.68. The van der Waals surface area contributed by atoms with Gasteiger partial charge in [0.2, 0.25) is 5.92 Å². The molecule has 0 saturated heterocycles. The molecule has 0 radical (unpaired) electrons. The van der Waals surface area contributed by atoms with E-state index in [9.17, 15) is 13.0 Å². The molecule has 15 heavy (non-hydrogen) atoms. The Bertz CT molecular complexity index is 255. The van der Waals surface area contributed by atoms with Gasteiger partial charge in [0.25, 0.3) is 0 Å². The van der Waals surface area contributed by atoms with Gasteiger partial charge >= 0.3 is 0 Å². The molecule has 0 aliphatic heterocycles. The molecule has 0 aromatic carbocycles. The number of hydrogen-bond acceptors (Lipinski definition) is 1. The highest BCUT2D eigenvalue weighted by atomic mass is 32.2. The van der Waals surface area contributed by atoms with Crippen LogP contribution in [0.4, 0.5) is 8.78 Å². The first kappa shape index (κ1) is 13.0. The van der Waals surface area contributed by atoms with Crippen molar-refractivity contribution >= 4 is 11.0 Å². The second-order valence-electron chi connectivity index (χ2n) is 5.31. The van der Waals surface area contributed by atoms with Crippen molar-refractivity contribution in [1.82, 2.24) is 4.72 Å². The standard InChI is InChI=1S/C10H19F2NOS/c1-7(8-5-10(11,12)6-8)13-15(14)9(2,3)4/h7-8,13H,5-6H2,1-4H3. The van der Waals surface area contributed by atoms with Gasteiger partial charge in [-0.3, -0.25) is 0 Å². The molecule has 0 aromatic heterocycles. The number of alkyl halides is 2. The molecule has 2 nitrogen and oxygen atoms in total. The highest BCUT2D eigenvalue weighted by Crippen LogP contribution is 2.44. The first-order valence-electron chi connectivity index (χ1n) is 5.18. The molecule has 0 bridgehead atoms. The predicted molar refractivity (Wildman–Crippen MR) is 58.2 cm³/mol. The Morgan fingerprint density at radius 1 is 1.40 bits per heavy atom. The average molecular weight is 239 g/mol. The highest BCUT2D eigenvalue weighted by Gasteiger charge is 2.47. The van der Waals surface area contributed by atoms with Crippen molar-refractivity contribution in [2.45, 2.75) is 57.2 Å². The Morgan fingerprint density at radius 3 is 2.20 bits per heavy atom. The van der Waals surface area contributed by atoms with Crippen molar-refractivity contribution in [3.8, 4) is 0 Å². The van der Waals surface area contributed by atoms with E-state index in [1.54, 1.807) is 0 Å². The molecule has 1 saturated carbocycles. The van der Waals surface area contributed by atoms with Gasteiger partial charge in [-0.15, -0.1) is 0 Å². The Kier molecular flexibility index (Phi) is 3.55. The minimum atomic E-state index is -2.50. The molecule has 1 rings (SSSR count). The Hall–Kier alpha value is -0.0300. The van der Waals surface area contributed by atoms with E-state index in [-0.39, 0.29) is 29.5 Å². The molecule has 0 aromatic rings. The fourth-order valence-corrected chi connectivity index (χ4v) is 2.39. The summed E-state index contributed by atoms with van der Waals surface area (Å²) in [6.45, 7) is 7.40. The molecule has 1 aliphatic rings. The van der Waals surface area contributed by atoms with Crippen molar-refractivity contribution < 1.29 is 13.0 Å². The third kappa shape index (κ3) is 3.48. The summed E-state index contributed by atoms with van der Waals surface area (Å²) in [5.41, 5.74) is 0. The van der Waals surface area contributed by atoms with Gasteiger partial charge in [-0.1, -0.05) is 0 Å². The fraction of sp³-hybridized carbons (Fsp3) is 1.00. The zero-order valence-electron chi connectivity index (χ0n) is 9.64. The molecule has 1 aliphatic carbocycles. The van der Waals surface area contributed by atoms with Crippen LogP contribution in [0, 0.1) is 5.92 Å². The van der Waals surface area contributed by atoms with Crippen LogP contribution >= 0.6 is 0 Å². The molecule has 1 fully saturated rings. The van der Waals surface area contributed by atoms with E-state index in [1.807, 2.05) is 27.7 Å². The van der Waals surface area contributed by atoms with Crippen molar-refractivity contribution in [1.29, 1.82) is 0 Å². The molecule has 90 valence electrons. The van der Waals surface area contributed by atoms with Crippen LogP contribution in [0.3, 0.4) is 0 Å². The minimum Gasteiger partial charge on any atom is -0.242 e. The van der Waals surface area contributed by atoms with Crippen molar-refractivity contribution in [2.75, 3.05) is 0 Å². The summed E-state index contributed by atoms with van der Waals surface area (Å²) in [5, 5.41) is 0. The highest BCUT2D eigenvalue weighted by molar-refractivity contribution is 7.84. The maximum absolute atomic E-state index is 12.6. The molecule has 0 amide bonds. The Labute approximate surface area is 92.4 Å². The predicted octanol–water partition coefficient (Wildman–Crippen LogP) is 2.47. The van der Waals surface area contributed by atoms with Crippen LogP contribution in [-0.4, -0.2) is 20.9 Å². The van der Waals surface area contributed by atoms with Gasteiger partial charge in [-0.05, 0) is 33.6 Å². The second-order valence-corrected chi connectivity index (χ2v) is 7.31. The van der Waals surface area contributed by atoms with Gasteiger partial charge < -0.3 is 0 Å². The molecule has 2 unspecified atom stereocenters. The van der Waals surface area contributed by atoms with Gasteiger partial charge in [-0.25, -0.2) is 17.7 Å². The lowest BCUT2D eigenvalue weighted by molar-refractivity contribution is -0.116. The summed E-state index contributed by atoms with van der Waals surface area (Å²) < 4.78 is 39.5. The number of nitrogens with one attached hydrogen (secondary N) is 1. The molecular weight excluding hydrogens is 220 g/mol. The summed E-state index contributed by atoms with van der Waals surface area (Å²) in [7, 11) is -1.18. The molecular formula is C10H19F2NOS. The summed E-state index contributed by atoms with van der Waals surface area (Å²) in [5.74, 6) is -2.55. The molecule has 5 heteroatoms. The van der Waals surface area contributed by atoms with E-state index in [2.05, 4.69) is 4.72 Å². The maximum Gasteiger partial charge on any atom is 0.248 e. The zero-order valence-corrected chi connectivity index (χ0v) is 10.5. The third-order valence-corrected chi connectivity index (χ3v) is 4.38. The number of hydrogen-bond donors (Lipinski definition) is 1. The van der Waals surface area contributed by atoms with Crippen LogP contribution in [0.15, 0.2) is 0 Å². The van der Waals surface area contributed by atoms with E-state index in [4.69, 9.17) is 0 Å². The summed E-state index contributed by atoms with van der Waals surface area (Å²) in [6.07, 6.45) is -0.162. The van der Waals surface area contributed by atoms with Crippen LogP contribution in [0.2, 0.25) is 0 Å². The maximum atomic E-state index is 12.6. The van der Waals surface area contributed by atoms with E-state index < -0.39 is 16.9 Å². The van der Waals surface area contributed by atoms with Gasteiger partial charge in [0.05, 0.1) is 15.7 Å². The van der Waals surface area contributed by atoms with Crippen molar-refractivity contribution in [3.05, 3.63) is 0 Å². The summed E-state index contributed by atoms with van der Waals surface area (Å²) in [6, 6.07) is -0.107. The summed E-state index contributed by atoms with van der Waals surface area (Å²) in [4.78, 5) is 0. The minimum absolute atomic E-state index is 0.0497. The van der Waals surface area contributed by atoms with Crippen LogP contribution in [0.5, 0.6) is 0 Å². The van der Waals surface area contributed by atoms with E-state index in [0.29, 0.717) is 0 Å². The summed E-state index contributed by atoms with van der Waals surface area (Å²) >= 11 is 0. The SMILES string of the molecule is CC(NS(=O)C(C)(C)C)C1CC(F)(F)C1. The van der Waals surface area contributed by atoms with Gasteiger partial charge in [0, 0.05) is 18.9 Å². The smallest absolute Gasteiger partial charge is 0.242 e. The number of halogens is 2. The lowest BCUT2D eigenvalue weighted by Gasteiger charge is -2.39. The second kappa shape index (κ2) is 4.09. The zero-order chi connectivity index (χ0) is 11.9. The topological polar surface area (TPSA) is 29.1 Å². The van der Waals surface area contributed by atoms with Crippen molar-refractivity contribution in [2.24, 2.45) is 5.92 Å². The lowest BCUT2D eigenvalue weighted by Crippen LogP contribution is -2.49. The normalized spacial score (nSPS) is 25.7. The van der Waals surface area contributed by atoms with Crippen LogP contribution < -0.4 is 4.72 Å². The molecule has 0 spiro atoms. The fourth-order valence-electron chi connectivity index (χ4n) is 1.50. The quantitative estimate of drug-likeness (QED) is 0.805. The van der Waals surface area contributed by atoms with E-state index in [1.165, 1.54) is 0 Å². The number of rotatable bonds is 3. The lowest BCUT2D eigenvalue weighted by atomic mass is 9.77. The monoisotopic (exact) mass is 239 g/mol. The first-order valence-corrected chi connectivity index (χ1v) is 6.33. The van der Waals surface area contributed by atoms with Crippen LogP contribution in [0.25, 0.3) is 0 Å². The Balaban J connectivity index is 2.38. The van der Waals surface area contributed by atoms with Crippen LogP contribution in [-0.2, 0) is 11.0 Å². The van der Waals surface area contributed by atoms with E-state index >= 15 is 0 Å². The molecule has 0 heterocycles. The van der Waals surface area contributed by atoms with Gasteiger partial charge in [-0.2, -0.15) is 0 Å². The first-order chi connectivity index (χ1) is 6.62. The largest absolute Gasteiger partial charge is 0.248 e. The Morgan fingerprint density at radius 2 is 1.87 bits per heavy atom. The van der Waals surface area contributed by atoms with Crippen molar-refractivity contribution in [3.63, 3.8) is 0 Å². The average Bonchev–Trinajstić information content (AvgIpc) is 1.97.